The van der Waals surface area contributed by atoms with E-state index in [1.807, 2.05) is 0 Å². The summed E-state index contributed by atoms with van der Waals surface area (Å²) in [6.45, 7) is 3.85. The van der Waals surface area contributed by atoms with E-state index in [1.54, 1.807) is 44.2 Å². The van der Waals surface area contributed by atoms with Crippen LogP contribution in [0.2, 0.25) is 0 Å². The number of aliphatic carboxylic acids is 2. The maximum Gasteiger partial charge on any atom is 0.307 e. The van der Waals surface area contributed by atoms with E-state index in [2.05, 4.69) is 15.6 Å². The monoisotopic (exact) mass is 631 g/mol. The molecule has 0 bridgehead atoms. The van der Waals surface area contributed by atoms with Crippen molar-refractivity contribution in [3.63, 3.8) is 0 Å². The number of hydrogen-bond acceptors (Lipinski definition) is 8. The molecule has 1 aromatic carbocycles. The van der Waals surface area contributed by atoms with Crippen molar-refractivity contribution in [3.05, 3.63) is 35.9 Å². The van der Waals surface area contributed by atoms with Gasteiger partial charge in [-0.1, -0.05) is 44.2 Å². The maximum atomic E-state index is 13.3. The normalized spacial score (nSPS) is 17.1. The summed E-state index contributed by atoms with van der Waals surface area (Å²) in [7, 11) is 0. The molecule has 15 heteroatoms. The number of Topliss-reactive ketones (excluding diaryl/α,β-unsaturated/α-hetero) is 1. The second kappa shape index (κ2) is 17.7. The molecule has 3 amide bonds. The van der Waals surface area contributed by atoms with Gasteiger partial charge in [0, 0.05) is 19.5 Å². The second-order valence-corrected chi connectivity index (χ2v) is 11.5. The molecule has 1 fully saturated rings. The number of carboxylic acid groups (broad SMARTS) is 2. The van der Waals surface area contributed by atoms with Gasteiger partial charge in [-0.2, -0.15) is 0 Å². The summed E-state index contributed by atoms with van der Waals surface area (Å²) in [5.41, 5.74) is 17.4. The highest BCUT2D eigenvalue weighted by Crippen LogP contribution is 2.20. The standard InChI is InChI=1S/C30H45N7O8/c1-17(2)25(23(38)15-19(29(44)45)14-18-8-4-3-5-9-18)36-26(41)21(16-24(39)40)35-27(42)22-11-7-13-37(22)28(43)20(31)10-6-12-34-30(32)33/h3-5,8-9,17,19-22,25H,6-7,10-16,31H2,1-2H3,(H,35,42)(H,36,41)(H,39,40)(H,44,45)(H4,32,33,34)/t19-,20-,21-,22-,25-/m0/s1. The van der Waals surface area contributed by atoms with Crippen molar-refractivity contribution in [2.24, 2.45) is 34.0 Å². The van der Waals surface area contributed by atoms with Gasteiger partial charge < -0.3 is 42.9 Å². The second-order valence-electron chi connectivity index (χ2n) is 11.5. The fraction of sp³-hybridized carbons (Fsp3) is 0.567. The zero-order valence-electron chi connectivity index (χ0n) is 25.7. The minimum atomic E-state index is -1.56. The molecule has 0 unspecified atom stereocenters. The highest BCUT2D eigenvalue weighted by molar-refractivity contribution is 5.97. The number of carbonyl (C=O) groups excluding carboxylic acids is 4. The SMILES string of the molecule is CC(C)[C@H](NC(=O)[C@H](CC(=O)O)NC(=O)[C@@H]1CCCN1C(=O)[C@@H](N)CCCN=C(N)N)C(=O)C[C@H](Cc1ccccc1)C(=O)O. The van der Waals surface area contributed by atoms with Gasteiger partial charge in [0.2, 0.25) is 17.7 Å². The average Bonchev–Trinajstić information content (AvgIpc) is 3.47. The number of rotatable bonds is 18. The Morgan fingerprint density at radius 1 is 1.02 bits per heavy atom. The number of likely N-dealkylation sites (tertiary alicyclic amines) is 1. The number of hydrogen-bond donors (Lipinski definition) is 7. The molecular weight excluding hydrogens is 586 g/mol. The summed E-state index contributed by atoms with van der Waals surface area (Å²) in [6.07, 6.45) is 0.439. The van der Waals surface area contributed by atoms with E-state index in [0.717, 1.165) is 5.56 Å². The van der Waals surface area contributed by atoms with E-state index < -0.39 is 77.9 Å². The third kappa shape index (κ3) is 11.8. The molecule has 1 aliphatic heterocycles. The fourth-order valence-corrected chi connectivity index (χ4v) is 5.20. The Balaban J connectivity index is 2.10. The van der Waals surface area contributed by atoms with Gasteiger partial charge in [0.1, 0.15) is 12.1 Å². The quantitative estimate of drug-likeness (QED) is 0.0609. The van der Waals surface area contributed by atoms with Gasteiger partial charge in [-0.05, 0) is 43.6 Å². The molecule has 1 aromatic rings. The summed E-state index contributed by atoms with van der Waals surface area (Å²) in [6, 6.07) is 4.23. The number of nitrogens with two attached hydrogens (primary N) is 3. The molecule has 45 heavy (non-hydrogen) atoms. The van der Waals surface area contributed by atoms with Crippen LogP contribution < -0.4 is 27.8 Å². The van der Waals surface area contributed by atoms with E-state index in [0.29, 0.717) is 12.8 Å². The van der Waals surface area contributed by atoms with Gasteiger partial charge in [0.25, 0.3) is 0 Å². The summed E-state index contributed by atoms with van der Waals surface area (Å²) in [4.78, 5) is 81.5. The lowest BCUT2D eigenvalue weighted by Gasteiger charge is -2.29. The van der Waals surface area contributed by atoms with Crippen LogP contribution in [-0.2, 0) is 35.2 Å². The van der Waals surface area contributed by atoms with Crippen molar-refractivity contribution in [2.75, 3.05) is 13.1 Å². The number of amides is 3. The van der Waals surface area contributed by atoms with Gasteiger partial charge in [0.15, 0.2) is 11.7 Å². The molecule has 1 aliphatic rings. The largest absolute Gasteiger partial charge is 0.481 e. The molecular formula is C30H45N7O8. The topological polar surface area (TPSA) is 261 Å². The molecule has 0 aliphatic carbocycles. The van der Waals surface area contributed by atoms with Crippen LogP contribution in [-0.4, -0.2) is 93.8 Å². The molecule has 248 valence electrons. The van der Waals surface area contributed by atoms with E-state index in [1.165, 1.54) is 4.90 Å². The zero-order valence-corrected chi connectivity index (χ0v) is 25.7. The van der Waals surface area contributed by atoms with Crippen LogP contribution in [0.3, 0.4) is 0 Å². The Hall–Kier alpha value is -4.53. The number of nitrogens with zero attached hydrogens (tertiary/aromatic N) is 2. The Morgan fingerprint density at radius 2 is 1.69 bits per heavy atom. The molecule has 1 saturated heterocycles. The summed E-state index contributed by atoms with van der Waals surface area (Å²) < 4.78 is 0. The number of carboxylic acids is 2. The first kappa shape index (κ1) is 36.7. The number of benzene rings is 1. The third-order valence-corrected chi connectivity index (χ3v) is 7.57. The zero-order chi connectivity index (χ0) is 33.7. The fourth-order valence-electron chi connectivity index (χ4n) is 5.20. The highest BCUT2D eigenvalue weighted by Gasteiger charge is 2.38. The van der Waals surface area contributed by atoms with Crippen molar-refractivity contribution >= 4 is 41.4 Å². The Kier molecular flexibility index (Phi) is 14.4. The van der Waals surface area contributed by atoms with E-state index in [4.69, 9.17) is 17.2 Å². The number of aliphatic imine (C=N–C) groups is 1. The molecule has 10 N–H and O–H groups in total. The first-order valence-electron chi connectivity index (χ1n) is 14.9. The molecule has 0 spiro atoms. The van der Waals surface area contributed by atoms with Gasteiger partial charge in [-0.15, -0.1) is 0 Å². The predicted octanol–water partition coefficient (Wildman–Crippen LogP) is -0.639. The van der Waals surface area contributed by atoms with Crippen molar-refractivity contribution in [1.29, 1.82) is 0 Å². The maximum absolute atomic E-state index is 13.3. The number of carbonyl (C=O) groups is 6. The van der Waals surface area contributed by atoms with E-state index >= 15 is 0 Å². The minimum Gasteiger partial charge on any atom is -0.481 e. The van der Waals surface area contributed by atoms with Crippen LogP contribution >= 0.6 is 0 Å². The van der Waals surface area contributed by atoms with Crippen LogP contribution in [0.1, 0.15) is 57.9 Å². The predicted molar refractivity (Wildman–Crippen MR) is 164 cm³/mol. The van der Waals surface area contributed by atoms with Gasteiger partial charge in [0.05, 0.1) is 24.4 Å². The summed E-state index contributed by atoms with van der Waals surface area (Å²) in [5, 5.41) is 24.2. The van der Waals surface area contributed by atoms with Crippen LogP contribution in [0.4, 0.5) is 0 Å². The van der Waals surface area contributed by atoms with Crippen LogP contribution in [0.5, 0.6) is 0 Å². The molecule has 5 atom stereocenters. The lowest BCUT2D eigenvalue weighted by molar-refractivity contribution is -0.145. The lowest BCUT2D eigenvalue weighted by atomic mass is 9.89. The van der Waals surface area contributed by atoms with Crippen molar-refractivity contribution in [3.8, 4) is 0 Å². The van der Waals surface area contributed by atoms with Crippen molar-refractivity contribution < 1.29 is 39.0 Å². The van der Waals surface area contributed by atoms with Crippen molar-refractivity contribution in [1.82, 2.24) is 15.5 Å². The number of nitrogens with one attached hydrogen (secondary N) is 2. The lowest BCUT2D eigenvalue weighted by Crippen LogP contribution is -2.57. The Morgan fingerprint density at radius 3 is 2.27 bits per heavy atom. The van der Waals surface area contributed by atoms with Crippen LogP contribution in [0, 0.1) is 11.8 Å². The van der Waals surface area contributed by atoms with Crippen LogP contribution in [0.15, 0.2) is 35.3 Å². The molecule has 1 heterocycles. The molecule has 0 aromatic heterocycles. The minimum absolute atomic E-state index is 0.0808. The van der Waals surface area contributed by atoms with Gasteiger partial charge in [-0.25, -0.2) is 0 Å². The van der Waals surface area contributed by atoms with Gasteiger partial charge in [-0.3, -0.25) is 33.8 Å². The smallest absolute Gasteiger partial charge is 0.307 e. The summed E-state index contributed by atoms with van der Waals surface area (Å²) >= 11 is 0. The first-order chi connectivity index (χ1) is 21.2. The highest BCUT2D eigenvalue weighted by atomic mass is 16.4. The number of ketones is 1. The average molecular weight is 632 g/mol. The molecule has 0 radical (unpaired) electrons. The van der Waals surface area contributed by atoms with E-state index in [9.17, 15) is 39.0 Å². The van der Waals surface area contributed by atoms with Gasteiger partial charge >= 0.3 is 11.9 Å². The molecule has 2 rings (SSSR count). The first-order valence-corrected chi connectivity index (χ1v) is 14.9. The van der Waals surface area contributed by atoms with Crippen LogP contribution in [0.25, 0.3) is 0 Å². The van der Waals surface area contributed by atoms with Crippen molar-refractivity contribution in [2.45, 2.75) is 83.0 Å². The third-order valence-electron chi connectivity index (χ3n) is 7.57. The summed E-state index contributed by atoms with van der Waals surface area (Å²) in [5.74, 6) is -6.78. The molecule has 15 nitrogen and oxygen atoms in total. The molecule has 0 saturated carbocycles. The van der Waals surface area contributed by atoms with E-state index in [-0.39, 0.29) is 44.7 Å². The Labute approximate surface area is 262 Å². The Bertz CT molecular complexity index is 1240. The number of guanidine groups is 1.